The number of carboxylic acids is 1. The Hall–Kier alpha value is -2.44. The third kappa shape index (κ3) is 7.21. The predicted octanol–water partition coefficient (Wildman–Crippen LogP) is 1.95. The summed E-state index contributed by atoms with van der Waals surface area (Å²) >= 11 is 0. The van der Waals surface area contributed by atoms with Crippen molar-refractivity contribution < 1.29 is 23.9 Å². The number of hydrogen-bond acceptors (Lipinski definition) is 3. The normalized spacial score (nSPS) is 12.3. The molecule has 0 aliphatic heterocycles. The van der Waals surface area contributed by atoms with E-state index in [0.717, 1.165) is 6.07 Å². The summed E-state index contributed by atoms with van der Waals surface area (Å²) in [4.78, 5) is 34.8. The largest absolute Gasteiger partial charge is 0.480 e. The summed E-state index contributed by atoms with van der Waals surface area (Å²) in [5, 5.41) is 13.9. The van der Waals surface area contributed by atoms with Gasteiger partial charge in [0.1, 0.15) is 11.9 Å². The van der Waals surface area contributed by atoms with Crippen molar-refractivity contribution in [3.8, 4) is 0 Å². The van der Waals surface area contributed by atoms with Crippen LogP contribution in [-0.4, -0.2) is 35.5 Å². The molecule has 1 rings (SSSR count). The van der Waals surface area contributed by atoms with Gasteiger partial charge in [-0.15, -0.1) is 0 Å². The number of carbonyl (C=O) groups excluding carboxylic acids is 2. The lowest BCUT2D eigenvalue weighted by atomic mass is 9.88. The number of carboxylic acid groups (broad SMARTS) is 1. The summed E-state index contributed by atoms with van der Waals surface area (Å²) in [7, 11) is 0. The maximum absolute atomic E-state index is 13.0. The van der Waals surface area contributed by atoms with Crippen LogP contribution >= 0.6 is 0 Å². The van der Waals surface area contributed by atoms with Gasteiger partial charge in [-0.2, -0.15) is 0 Å². The summed E-state index contributed by atoms with van der Waals surface area (Å²) in [5.41, 5.74) is 0.0367. The number of aliphatic carboxylic acids is 1. The first-order chi connectivity index (χ1) is 11.1. The average Bonchev–Trinajstić information content (AvgIpc) is 2.47. The fourth-order valence-electron chi connectivity index (χ4n) is 1.97. The van der Waals surface area contributed by atoms with Gasteiger partial charge in [-0.25, -0.2) is 9.18 Å². The number of carbonyl (C=O) groups is 3. The van der Waals surface area contributed by atoms with Crippen molar-refractivity contribution in [2.45, 2.75) is 39.7 Å². The minimum absolute atomic E-state index is 0.0516. The summed E-state index contributed by atoms with van der Waals surface area (Å²) in [6.07, 6.45) is 0.919. The van der Waals surface area contributed by atoms with Crippen LogP contribution in [0.4, 0.5) is 4.39 Å². The zero-order chi connectivity index (χ0) is 18.3. The molecule has 0 bridgehead atoms. The molecule has 1 aromatic carbocycles. The minimum Gasteiger partial charge on any atom is -0.480 e. The highest BCUT2D eigenvalue weighted by atomic mass is 19.1. The van der Waals surface area contributed by atoms with Gasteiger partial charge in [0, 0.05) is 5.56 Å². The second kappa shape index (κ2) is 8.42. The zero-order valence-electron chi connectivity index (χ0n) is 14.1. The molecule has 0 fully saturated rings. The maximum Gasteiger partial charge on any atom is 0.326 e. The fourth-order valence-corrected chi connectivity index (χ4v) is 1.97. The van der Waals surface area contributed by atoms with Crippen molar-refractivity contribution in [2.24, 2.45) is 5.41 Å². The average molecular weight is 338 g/mol. The molecule has 132 valence electrons. The topological polar surface area (TPSA) is 95.5 Å². The number of nitrogens with one attached hydrogen (secondary N) is 2. The van der Waals surface area contributed by atoms with E-state index in [4.69, 9.17) is 5.11 Å². The fraction of sp³-hybridized carbons (Fsp3) is 0.471. The lowest BCUT2D eigenvalue weighted by molar-refractivity contribution is -0.142. The SMILES string of the molecule is CC(C)(C)CCC(NC(=O)CNC(=O)c1cccc(F)c1)C(=O)O. The number of benzene rings is 1. The van der Waals surface area contributed by atoms with Crippen molar-refractivity contribution in [2.75, 3.05) is 6.54 Å². The van der Waals surface area contributed by atoms with Gasteiger partial charge in [0.2, 0.25) is 5.91 Å². The van der Waals surface area contributed by atoms with Gasteiger partial charge in [0.25, 0.3) is 5.91 Å². The van der Waals surface area contributed by atoms with Crippen molar-refractivity contribution in [3.05, 3.63) is 35.6 Å². The smallest absolute Gasteiger partial charge is 0.326 e. The van der Waals surface area contributed by atoms with Crippen molar-refractivity contribution >= 4 is 17.8 Å². The standard InChI is InChI=1S/C17H23FN2O4/c1-17(2,3)8-7-13(16(23)24)20-14(21)10-19-15(22)11-5-4-6-12(18)9-11/h4-6,9,13H,7-8,10H2,1-3H3,(H,19,22)(H,20,21)(H,23,24). The van der Waals surface area contributed by atoms with E-state index in [9.17, 15) is 18.8 Å². The van der Waals surface area contributed by atoms with Crippen LogP contribution in [0.25, 0.3) is 0 Å². The van der Waals surface area contributed by atoms with Gasteiger partial charge in [-0.1, -0.05) is 26.8 Å². The van der Waals surface area contributed by atoms with Gasteiger partial charge in [-0.05, 0) is 36.5 Å². The summed E-state index contributed by atoms with van der Waals surface area (Å²) < 4.78 is 13.0. The molecule has 0 saturated carbocycles. The third-order valence-corrected chi connectivity index (χ3v) is 3.31. The molecule has 0 aliphatic carbocycles. The van der Waals surface area contributed by atoms with Crippen molar-refractivity contribution in [3.63, 3.8) is 0 Å². The predicted molar refractivity (Wildman–Crippen MR) is 87.0 cm³/mol. The van der Waals surface area contributed by atoms with Crippen LogP contribution in [0.15, 0.2) is 24.3 Å². The molecule has 0 radical (unpaired) electrons. The first-order valence-electron chi connectivity index (χ1n) is 7.64. The second-order valence-electron chi connectivity index (χ2n) is 6.75. The minimum atomic E-state index is -1.12. The summed E-state index contributed by atoms with van der Waals surface area (Å²) in [6.45, 7) is 5.56. The summed E-state index contributed by atoms with van der Waals surface area (Å²) in [5.74, 6) is -2.89. The van der Waals surface area contributed by atoms with E-state index in [0.29, 0.717) is 12.8 Å². The molecule has 0 aromatic heterocycles. The number of halogens is 1. The van der Waals surface area contributed by atoms with E-state index in [-0.39, 0.29) is 17.5 Å². The Labute approximate surface area is 140 Å². The van der Waals surface area contributed by atoms with E-state index in [1.54, 1.807) is 0 Å². The van der Waals surface area contributed by atoms with Gasteiger partial charge in [0.05, 0.1) is 6.54 Å². The molecular formula is C17H23FN2O4. The van der Waals surface area contributed by atoms with Gasteiger partial charge in [-0.3, -0.25) is 9.59 Å². The monoisotopic (exact) mass is 338 g/mol. The van der Waals surface area contributed by atoms with Crippen LogP contribution in [-0.2, 0) is 9.59 Å². The molecular weight excluding hydrogens is 315 g/mol. The highest BCUT2D eigenvalue weighted by Gasteiger charge is 2.22. The Kier molecular flexibility index (Phi) is 6.88. The first kappa shape index (κ1) is 19.6. The van der Waals surface area contributed by atoms with Crippen LogP contribution < -0.4 is 10.6 Å². The first-order valence-corrected chi connectivity index (χ1v) is 7.64. The Bertz CT molecular complexity index is 611. The molecule has 0 saturated heterocycles. The van der Waals surface area contributed by atoms with Gasteiger partial charge < -0.3 is 15.7 Å². The van der Waals surface area contributed by atoms with E-state index >= 15 is 0 Å². The molecule has 24 heavy (non-hydrogen) atoms. The second-order valence-corrected chi connectivity index (χ2v) is 6.75. The Balaban J connectivity index is 2.51. The van der Waals surface area contributed by atoms with Crippen molar-refractivity contribution in [1.29, 1.82) is 0 Å². The van der Waals surface area contributed by atoms with Crippen LogP contribution in [0, 0.1) is 11.2 Å². The molecule has 1 unspecified atom stereocenters. The number of rotatable bonds is 7. The molecule has 1 aromatic rings. The van der Waals surface area contributed by atoms with E-state index in [1.165, 1.54) is 18.2 Å². The maximum atomic E-state index is 13.0. The molecule has 0 aliphatic rings. The Morgan fingerprint density at radius 1 is 1.25 bits per heavy atom. The highest BCUT2D eigenvalue weighted by molar-refractivity contribution is 5.96. The van der Waals surface area contributed by atoms with Crippen LogP contribution in [0.3, 0.4) is 0 Å². The lowest BCUT2D eigenvalue weighted by Gasteiger charge is -2.21. The number of amides is 2. The highest BCUT2D eigenvalue weighted by Crippen LogP contribution is 2.21. The third-order valence-electron chi connectivity index (χ3n) is 3.31. The van der Waals surface area contributed by atoms with Crippen LogP contribution in [0.5, 0.6) is 0 Å². The summed E-state index contributed by atoms with van der Waals surface area (Å²) in [6, 6.07) is 4.05. The molecule has 3 N–H and O–H groups in total. The lowest BCUT2D eigenvalue weighted by Crippen LogP contribution is -2.45. The van der Waals surface area contributed by atoms with E-state index < -0.39 is 29.6 Å². The van der Waals surface area contributed by atoms with E-state index in [2.05, 4.69) is 10.6 Å². The Morgan fingerprint density at radius 3 is 2.46 bits per heavy atom. The number of hydrogen-bond donors (Lipinski definition) is 3. The molecule has 1 atom stereocenters. The molecule has 0 heterocycles. The zero-order valence-corrected chi connectivity index (χ0v) is 14.1. The molecule has 7 heteroatoms. The van der Waals surface area contributed by atoms with Crippen molar-refractivity contribution in [1.82, 2.24) is 10.6 Å². The Morgan fingerprint density at radius 2 is 1.92 bits per heavy atom. The quantitative estimate of drug-likeness (QED) is 0.708. The van der Waals surface area contributed by atoms with E-state index in [1.807, 2.05) is 20.8 Å². The molecule has 2 amide bonds. The van der Waals surface area contributed by atoms with Gasteiger partial charge in [0.15, 0.2) is 0 Å². The molecule has 6 nitrogen and oxygen atoms in total. The van der Waals surface area contributed by atoms with Gasteiger partial charge >= 0.3 is 5.97 Å². The van der Waals surface area contributed by atoms with Crippen LogP contribution in [0.2, 0.25) is 0 Å². The molecule has 0 spiro atoms. The van der Waals surface area contributed by atoms with Crippen LogP contribution in [0.1, 0.15) is 44.0 Å².